The minimum atomic E-state index is 0.274. The van der Waals surface area contributed by atoms with Gasteiger partial charge in [-0.1, -0.05) is 32.9 Å². The summed E-state index contributed by atoms with van der Waals surface area (Å²) < 4.78 is 5.58. The van der Waals surface area contributed by atoms with Gasteiger partial charge in [0.15, 0.2) is 0 Å². The van der Waals surface area contributed by atoms with Crippen molar-refractivity contribution >= 4 is 0 Å². The lowest BCUT2D eigenvalue weighted by molar-refractivity contribution is 0.481. The summed E-state index contributed by atoms with van der Waals surface area (Å²) >= 11 is 0. The van der Waals surface area contributed by atoms with Gasteiger partial charge in [-0.25, -0.2) is 0 Å². The summed E-state index contributed by atoms with van der Waals surface area (Å²) in [6.07, 6.45) is 1.04. The second-order valence-electron chi connectivity index (χ2n) is 4.15. The first-order valence-electron chi connectivity index (χ1n) is 5.63. The normalized spacial score (nSPS) is 11.0. The number of hydrogen-bond acceptors (Lipinski definition) is 3. The van der Waals surface area contributed by atoms with Gasteiger partial charge in [0.05, 0.1) is 0 Å². The summed E-state index contributed by atoms with van der Waals surface area (Å²) in [5.41, 5.74) is 2.30. The van der Waals surface area contributed by atoms with E-state index in [-0.39, 0.29) is 5.92 Å². The van der Waals surface area contributed by atoms with Crippen LogP contribution in [0.1, 0.15) is 38.1 Å². The molecule has 0 aliphatic heterocycles. The Morgan fingerprint density at radius 2 is 1.81 bits per heavy atom. The number of aromatic nitrogens is 2. The number of benzene rings is 1. The fourth-order valence-electron chi connectivity index (χ4n) is 1.47. The topological polar surface area (TPSA) is 38.9 Å². The van der Waals surface area contributed by atoms with Crippen LogP contribution in [-0.4, -0.2) is 10.2 Å². The van der Waals surface area contributed by atoms with Gasteiger partial charge in [0.2, 0.25) is 11.8 Å². The highest BCUT2D eigenvalue weighted by atomic mass is 16.4. The minimum Gasteiger partial charge on any atom is -0.420 e. The Kier molecular flexibility index (Phi) is 3.04. The molecule has 0 bridgehead atoms. The van der Waals surface area contributed by atoms with Gasteiger partial charge in [-0.05, 0) is 24.1 Å². The quantitative estimate of drug-likeness (QED) is 0.789. The molecule has 0 unspecified atom stereocenters. The molecular weight excluding hydrogens is 200 g/mol. The Balaban J connectivity index is 2.28. The zero-order valence-corrected chi connectivity index (χ0v) is 9.90. The molecule has 0 radical (unpaired) electrons. The molecule has 0 amide bonds. The van der Waals surface area contributed by atoms with E-state index in [4.69, 9.17) is 4.42 Å². The van der Waals surface area contributed by atoms with Crippen LogP contribution in [0.15, 0.2) is 28.7 Å². The molecule has 0 aliphatic carbocycles. The van der Waals surface area contributed by atoms with Crippen molar-refractivity contribution < 1.29 is 4.42 Å². The molecule has 16 heavy (non-hydrogen) atoms. The fourth-order valence-corrected chi connectivity index (χ4v) is 1.47. The van der Waals surface area contributed by atoms with Crippen molar-refractivity contribution in [3.8, 4) is 11.5 Å². The Labute approximate surface area is 95.5 Å². The SMILES string of the molecule is CCc1ccc(-c2nnc(C(C)C)o2)cc1. The maximum Gasteiger partial charge on any atom is 0.247 e. The summed E-state index contributed by atoms with van der Waals surface area (Å²) in [4.78, 5) is 0. The Bertz CT molecular complexity index is 457. The molecule has 3 nitrogen and oxygen atoms in total. The first-order valence-corrected chi connectivity index (χ1v) is 5.63. The third kappa shape index (κ3) is 2.13. The molecule has 84 valence electrons. The predicted molar refractivity (Wildman–Crippen MR) is 63.2 cm³/mol. The van der Waals surface area contributed by atoms with E-state index in [0.717, 1.165) is 12.0 Å². The van der Waals surface area contributed by atoms with E-state index in [1.165, 1.54) is 5.56 Å². The van der Waals surface area contributed by atoms with E-state index in [1.807, 2.05) is 26.0 Å². The molecule has 1 heterocycles. The van der Waals surface area contributed by atoms with Crippen LogP contribution in [0.4, 0.5) is 0 Å². The van der Waals surface area contributed by atoms with E-state index in [0.29, 0.717) is 11.8 Å². The maximum absolute atomic E-state index is 5.58. The zero-order chi connectivity index (χ0) is 11.5. The van der Waals surface area contributed by atoms with Gasteiger partial charge in [-0.15, -0.1) is 10.2 Å². The van der Waals surface area contributed by atoms with Crippen molar-refractivity contribution in [2.75, 3.05) is 0 Å². The second-order valence-corrected chi connectivity index (χ2v) is 4.15. The third-order valence-electron chi connectivity index (χ3n) is 2.54. The predicted octanol–water partition coefficient (Wildman–Crippen LogP) is 3.42. The van der Waals surface area contributed by atoms with Crippen LogP contribution >= 0.6 is 0 Å². The number of rotatable bonds is 3. The van der Waals surface area contributed by atoms with Gasteiger partial charge in [0, 0.05) is 11.5 Å². The molecule has 0 fully saturated rings. The van der Waals surface area contributed by atoms with Crippen LogP contribution in [0.25, 0.3) is 11.5 Å². The van der Waals surface area contributed by atoms with E-state index in [2.05, 4.69) is 29.3 Å². The largest absolute Gasteiger partial charge is 0.420 e. The fraction of sp³-hybridized carbons (Fsp3) is 0.385. The lowest BCUT2D eigenvalue weighted by atomic mass is 10.1. The molecule has 2 aromatic rings. The van der Waals surface area contributed by atoms with Gasteiger partial charge in [-0.3, -0.25) is 0 Å². The van der Waals surface area contributed by atoms with Crippen molar-refractivity contribution in [2.24, 2.45) is 0 Å². The second kappa shape index (κ2) is 4.47. The Morgan fingerprint density at radius 3 is 2.31 bits per heavy atom. The molecule has 2 rings (SSSR count). The van der Waals surface area contributed by atoms with Crippen LogP contribution < -0.4 is 0 Å². The van der Waals surface area contributed by atoms with Gasteiger partial charge in [0.25, 0.3) is 0 Å². The summed E-state index contributed by atoms with van der Waals surface area (Å²) in [5.74, 6) is 1.57. The molecule has 0 aliphatic rings. The average Bonchev–Trinajstić information content (AvgIpc) is 2.78. The lowest BCUT2D eigenvalue weighted by Gasteiger charge is -1.98. The summed E-state index contributed by atoms with van der Waals surface area (Å²) in [7, 11) is 0. The first-order chi connectivity index (χ1) is 7.70. The van der Waals surface area contributed by atoms with Gasteiger partial charge in [0.1, 0.15) is 0 Å². The van der Waals surface area contributed by atoms with Gasteiger partial charge >= 0.3 is 0 Å². The van der Waals surface area contributed by atoms with Crippen molar-refractivity contribution in [1.29, 1.82) is 0 Å². The van der Waals surface area contributed by atoms with Crippen LogP contribution in [0, 0.1) is 0 Å². The molecule has 0 saturated carbocycles. The van der Waals surface area contributed by atoms with Crippen molar-refractivity contribution in [1.82, 2.24) is 10.2 Å². The van der Waals surface area contributed by atoms with Crippen LogP contribution in [-0.2, 0) is 6.42 Å². The molecule has 1 aromatic heterocycles. The van der Waals surface area contributed by atoms with E-state index >= 15 is 0 Å². The number of aryl methyl sites for hydroxylation is 1. The molecule has 0 saturated heterocycles. The Morgan fingerprint density at radius 1 is 1.12 bits per heavy atom. The van der Waals surface area contributed by atoms with Gasteiger partial charge in [-0.2, -0.15) is 0 Å². The van der Waals surface area contributed by atoms with E-state index in [9.17, 15) is 0 Å². The molecule has 1 aromatic carbocycles. The standard InChI is InChI=1S/C13H16N2O/c1-4-10-5-7-11(8-6-10)13-15-14-12(16-13)9(2)3/h5-9H,4H2,1-3H3. The molecule has 0 N–H and O–H groups in total. The van der Waals surface area contributed by atoms with Crippen molar-refractivity contribution in [3.63, 3.8) is 0 Å². The van der Waals surface area contributed by atoms with Crippen molar-refractivity contribution in [3.05, 3.63) is 35.7 Å². The average molecular weight is 216 g/mol. The van der Waals surface area contributed by atoms with E-state index in [1.54, 1.807) is 0 Å². The molecule has 0 atom stereocenters. The highest BCUT2D eigenvalue weighted by Gasteiger charge is 2.10. The third-order valence-corrected chi connectivity index (χ3v) is 2.54. The molecule has 3 heteroatoms. The number of hydrogen-bond donors (Lipinski definition) is 0. The molecule has 0 spiro atoms. The van der Waals surface area contributed by atoms with Crippen molar-refractivity contribution in [2.45, 2.75) is 33.1 Å². The maximum atomic E-state index is 5.58. The first kappa shape index (κ1) is 10.9. The highest BCUT2D eigenvalue weighted by molar-refractivity contribution is 5.52. The minimum absolute atomic E-state index is 0.274. The highest BCUT2D eigenvalue weighted by Crippen LogP contribution is 2.21. The summed E-state index contributed by atoms with van der Waals surface area (Å²) in [6.45, 7) is 6.22. The zero-order valence-electron chi connectivity index (χ0n) is 9.90. The molecular formula is C13H16N2O. The van der Waals surface area contributed by atoms with Crippen LogP contribution in [0.2, 0.25) is 0 Å². The van der Waals surface area contributed by atoms with Crippen LogP contribution in [0.5, 0.6) is 0 Å². The van der Waals surface area contributed by atoms with Gasteiger partial charge < -0.3 is 4.42 Å². The van der Waals surface area contributed by atoms with E-state index < -0.39 is 0 Å². The smallest absolute Gasteiger partial charge is 0.247 e. The lowest BCUT2D eigenvalue weighted by Crippen LogP contribution is -1.85. The summed E-state index contributed by atoms with van der Waals surface area (Å²) in [5, 5.41) is 8.06. The monoisotopic (exact) mass is 216 g/mol. The number of nitrogens with zero attached hydrogens (tertiary/aromatic N) is 2. The van der Waals surface area contributed by atoms with Crippen LogP contribution in [0.3, 0.4) is 0 Å². The summed E-state index contributed by atoms with van der Waals surface area (Å²) in [6, 6.07) is 8.23. The Hall–Kier alpha value is -1.64.